The van der Waals surface area contributed by atoms with Crippen molar-refractivity contribution in [1.82, 2.24) is 0 Å². The van der Waals surface area contributed by atoms with Crippen LogP contribution in [-0.4, -0.2) is 18.4 Å². The van der Waals surface area contributed by atoms with Crippen molar-refractivity contribution >= 4 is 11.8 Å². The lowest BCUT2D eigenvalue weighted by atomic mass is 10.0. The van der Waals surface area contributed by atoms with Crippen molar-refractivity contribution in [3.63, 3.8) is 0 Å². The number of ether oxygens (including phenoxy) is 1. The zero-order valence-corrected chi connectivity index (χ0v) is 21.9. The normalized spacial score (nSPS) is 11.1. The molecule has 0 bridgehead atoms. The van der Waals surface area contributed by atoms with E-state index >= 15 is 0 Å². The first-order valence-electron chi connectivity index (χ1n) is 14.4. The van der Waals surface area contributed by atoms with Crippen LogP contribution in [-0.2, 0) is 14.3 Å². The maximum absolute atomic E-state index is 11.8. The Kier molecular flexibility index (Phi) is 25.7. The van der Waals surface area contributed by atoms with E-state index in [1.165, 1.54) is 116 Å². The Balaban J connectivity index is 3.25. The van der Waals surface area contributed by atoms with Crippen LogP contribution < -0.4 is 0 Å². The summed E-state index contributed by atoms with van der Waals surface area (Å²) in [4.78, 5) is 23.6. The van der Waals surface area contributed by atoms with E-state index in [9.17, 15) is 9.59 Å². The van der Waals surface area contributed by atoms with Crippen molar-refractivity contribution < 1.29 is 14.3 Å². The molecule has 0 aliphatic heterocycles. The molecule has 0 aromatic rings. The van der Waals surface area contributed by atoms with E-state index < -0.39 is 0 Å². The molecule has 0 aliphatic carbocycles. The van der Waals surface area contributed by atoms with E-state index in [1.807, 2.05) is 0 Å². The number of Topliss-reactive ketones (excluding diaryl/α,β-unsaturated/α-hetero) is 1. The van der Waals surface area contributed by atoms with Crippen molar-refractivity contribution in [2.45, 2.75) is 168 Å². The summed E-state index contributed by atoms with van der Waals surface area (Å²) in [5, 5.41) is 0. The summed E-state index contributed by atoms with van der Waals surface area (Å²) in [5.74, 6) is -0.132. The molecule has 0 amide bonds. The van der Waals surface area contributed by atoms with Crippen molar-refractivity contribution in [2.75, 3.05) is 6.61 Å². The average molecular weight is 453 g/mol. The van der Waals surface area contributed by atoms with Gasteiger partial charge in [0.25, 0.3) is 0 Å². The molecular weight excluding hydrogens is 396 g/mol. The zero-order valence-electron chi connectivity index (χ0n) is 21.9. The van der Waals surface area contributed by atoms with Gasteiger partial charge in [-0.25, -0.2) is 0 Å². The number of rotatable bonds is 26. The van der Waals surface area contributed by atoms with Crippen molar-refractivity contribution in [3.05, 3.63) is 0 Å². The molecular formula is C29H56O3. The highest BCUT2D eigenvalue weighted by molar-refractivity contribution is 5.82. The summed E-state index contributed by atoms with van der Waals surface area (Å²) in [6, 6.07) is 0. The fourth-order valence-corrected chi connectivity index (χ4v) is 4.23. The highest BCUT2D eigenvalue weighted by atomic mass is 16.5. The van der Waals surface area contributed by atoms with Gasteiger partial charge in [-0.05, 0) is 12.8 Å². The molecule has 0 aromatic heterocycles. The summed E-state index contributed by atoms with van der Waals surface area (Å²) < 4.78 is 5.14. The highest BCUT2D eigenvalue weighted by Gasteiger charge is 2.07. The van der Waals surface area contributed by atoms with Gasteiger partial charge in [0.15, 0.2) is 5.78 Å². The predicted molar refractivity (Wildman–Crippen MR) is 138 cm³/mol. The van der Waals surface area contributed by atoms with Crippen LogP contribution in [0.2, 0.25) is 0 Å². The molecule has 0 aromatic carbocycles. The van der Waals surface area contributed by atoms with Gasteiger partial charge in [0, 0.05) is 12.8 Å². The third-order valence-corrected chi connectivity index (χ3v) is 6.44. The number of carbonyl (C=O) groups is 2. The molecule has 0 N–H and O–H groups in total. The standard InChI is InChI=1S/C29H56O3/c1-3-5-7-9-11-12-13-14-15-16-17-18-19-20-22-24-26-29(31)32-27-28(30)25-23-21-10-8-6-4-2/h3-27H2,1-2H3. The molecule has 0 radical (unpaired) electrons. The Morgan fingerprint density at radius 2 is 0.750 bits per heavy atom. The Morgan fingerprint density at radius 1 is 0.438 bits per heavy atom. The summed E-state index contributed by atoms with van der Waals surface area (Å²) in [5.41, 5.74) is 0. The second-order valence-electron chi connectivity index (χ2n) is 9.77. The van der Waals surface area contributed by atoms with Crippen LogP contribution in [0, 0.1) is 0 Å². The van der Waals surface area contributed by atoms with Crippen LogP contribution in [0.5, 0.6) is 0 Å². The van der Waals surface area contributed by atoms with E-state index in [0.717, 1.165) is 25.7 Å². The summed E-state index contributed by atoms with van der Waals surface area (Å²) in [6.45, 7) is 4.46. The van der Waals surface area contributed by atoms with Gasteiger partial charge in [0.2, 0.25) is 0 Å². The quantitative estimate of drug-likeness (QED) is 0.0969. The van der Waals surface area contributed by atoms with E-state index in [0.29, 0.717) is 12.8 Å². The molecule has 190 valence electrons. The van der Waals surface area contributed by atoms with E-state index in [2.05, 4.69) is 13.8 Å². The number of unbranched alkanes of at least 4 members (excludes halogenated alkanes) is 20. The Morgan fingerprint density at radius 3 is 1.12 bits per heavy atom. The fraction of sp³-hybridized carbons (Fsp3) is 0.931. The molecule has 0 fully saturated rings. The number of hydrogen-bond donors (Lipinski definition) is 0. The first-order valence-corrected chi connectivity index (χ1v) is 14.4. The third kappa shape index (κ3) is 25.4. The van der Waals surface area contributed by atoms with Crippen molar-refractivity contribution in [1.29, 1.82) is 0 Å². The fourth-order valence-electron chi connectivity index (χ4n) is 4.23. The Labute approximate surface area is 200 Å². The summed E-state index contributed by atoms with van der Waals surface area (Å²) in [7, 11) is 0. The van der Waals surface area contributed by atoms with Crippen molar-refractivity contribution in [3.8, 4) is 0 Å². The predicted octanol–water partition coefficient (Wildman–Crippen LogP) is 9.50. The molecule has 0 saturated carbocycles. The van der Waals surface area contributed by atoms with Crippen LogP contribution in [0.1, 0.15) is 168 Å². The topological polar surface area (TPSA) is 43.4 Å². The lowest BCUT2D eigenvalue weighted by molar-refractivity contribution is -0.148. The minimum atomic E-state index is -0.202. The molecule has 0 spiro atoms. The summed E-state index contributed by atoms with van der Waals surface area (Å²) in [6.07, 6.45) is 29.3. The van der Waals surface area contributed by atoms with E-state index in [1.54, 1.807) is 0 Å². The Bertz CT molecular complexity index is 405. The number of hydrogen-bond acceptors (Lipinski definition) is 3. The molecule has 3 nitrogen and oxygen atoms in total. The number of ketones is 1. The molecule has 0 saturated heterocycles. The molecule has 0 heterocycles. The molecule has 3 heteroatoms. The van der Waals surface area contributed by atoms with Crippen LogP contribution in [0.3, 0.4) is 0 Å². The van der Waals surface area contributed by atoms with Crippen molar-refractivity contribution in [2.24, 2.45) is 0 Å². The molecule has 32 heavy (non-hydrogen) atoms. The van der Waals surface area contributed by atoms with Crippen LogP contribution in [0.4, 0.5) is 0 Å². The zero-order chi connectivity index (χ0) is 23.5. The lowest BCUT2D eigenvalue weighted by Gasteiger charge is -2.05. The van der Waals surface area contributed by atoms with Gasteiger partial charge >= 0.3 is 5.97 Å². The molecule has 0 aliphatic rings. The van der Waals surface area contributed by atoms with Crippen LogP contribution in [0.15, 0.2) is 0 Å². The van der Waals surface area contributed by atoms with Crippen LogP contribution in [0.25, 0.3) is 0 Å². The first-order chi connectivity index (χ1) is 15.7. The average Bonchev–Trinajstić information content (AvgIpc) is 2.79. The van der Waals surface area contributed by atoms with Gasteiger partial charge in [-0.15, -0.1) is 0 Å². The lowest BCUT2D eigenvalue weighted by Crippen LogP contribution is -2.13. The summed E-state index contributed by atoms with van der Waals surface area (Å²) >= 11 is 0. The second kappa shape index (κ2) is 26.4. The first kappa shape index (κ1) is 31.1. The number of esters is 1. The number of carbonyl (C=O) groups excluding carboxylic acids is 2. The van der Waals surface area contributed by atoms with Crippen LogP contribution >= 0.6 is 0 Å². The van der Waals surface area contributed by atoms with Gasteiger partial charge in [0.05, 0.1) is 0 Å². The van der Waals surface area contributed by atoms with Gasteiger partial charge in [-0.3, -0.25) is 9.59 Å². The van der Waals surface area contributed by atoms with Gasteiger partial charge < -0.3 is 4.74 Å². The SMILES string of the molecule is CCCCCCCCCCCCCCCCCCC(=O)OCC(=O)CCCCCCCC. The monoisotopic (exact) mass is 452 g/mol. The van der Waals surface area contributed by atoms with Gasteiger partial charge in [-0.1, -0.05) is 142 Å². The minimum absolute atomic E-state index is 0.0212. The smallest absolute Gasteiger partial charge is 0.306 e. The van der Waals surface area contributed by atoms with Gasteiger partial charge in [0.1, 0.15) is 6.61 Å². The van der Waals surface area contributed by atoms with E-state index in [-0.39, 0.29) is 18.4 Å². The highest BCUT2D eigenvalue weighted by Crippen LogP contribution is 2.14. The third-order valence-electron chi connectivity index (χ3n) is 6.44. The Hall–Kier alpha value is -0.860. The maximum Gasteiger partial charge on any atom is 0.306 e. The second-order valence-corrected chi connectivity index (χ2v) is 9.77. The van der Waals surface area contributed by atoms with E-state index in [4.69, 9.17) is 4.74 Å². The largest absolute Gasteiger partial charge is 0.458 e. The maximum atomic E-state index is 11.8. The van der Waals surface area contributed by atoms with Gasteiger partial charge in [-0.2, -0.15) is 0 Å². The molecule has 0 atom stereocenters. The molecule has 0 rings (SSSR count). The molecule has 0 unspecified atom stereocenters. The minimum Gasteiger partial charge on any atom is -0.458 e.